The van der Waals surface area contributed by atoms with Crippen molar-refractivity contribution in [3.8, 4) is 11.4 Å². The van der Waals surface area contributed by atoms with Gasteiger partial charge in [0, 0.05) is 32.8 Å². The highest BCUT2D eigenvalue weighted by atomic mass is 35.5. The van der Waals surface area contributed by atoms with Crippen LogP contribution < -0.4 is 0 Å². The topological polar surface area (TPSA) is 25.8 Å². The van der Waals surface area contributed by atoms with Gasteiger partial charge in [-0.2, -0.15) is 11.8 Å². The molecular weight excluding hydrogens is 308 g/mol. The number of hydrogen-bond acceptors (Lipinski definition) is 4. The summed E-state index contributed by atoms with van der Waals surface area (Å²) in [4.78, 5) is 11.8. The van der Waals surface area contributed by atoms with E-state index in [4.69, 9.17) is 16.6 Å². The van der Waals surface area contributed by atoms with Crippen LogP contribution in [0, 0.1) is 0 Å². The number of thioether (sulfide) groups is 1. The molecule has 0 amide bonds. The predicted octanol–water partition coefficient (Wildman–Crippen LogP) is 4.80. The van der Waals surface area contributed by atoms with Gasteiger partial charge < -0.3 is 0 Å². The van der Waals surface area contributed by atoms with Gasteiger partial charge in [0.25, 0.3) is 0 Å². The molecule has 100 valence electrons. The van der Waals surface area contributed by atoms with Crippen molar-refractivity contribution < 1.29 is 0 Å². The first-order chi connectivity index (χ1) is 9.81. The highest BCUT2D eigenvalue weighted by Crippen LogP contribution is 2.37. The Hall–Kier alpha value is -1.10. The second-order valence-corrected chi connectivity index (χ2v) is 7.35. The number of aromatic nitrogens is 2. The Bertz CT molecular complexity index is 780. The van der Waals surface area contributed by atoms with E-state index in [1.807, 2.05) is 53.6 Å². The Morgan fingerprint density at radius 1 is 1.15 bits per heavy atom. The molecule has 0 fully saturated rings. The third kappa shape index (κ3) is 2.12. The first-order valence-corrected chi connectivity index (χ1v) is 8.77. The maximum atomic E-state index is 5.92. The number of benzene rings is 1. The molecule has 0 saturated heterocycles. The number of thiophene rings is 1. The minimum Gasteiger partial charge on any atom is -0.236 e. The van der Waals surface area contributed by atoms with Gasteiger partial charge in [-0.1, -0.05) is 11.6 Å². The summed E-state index contributed by atoms with van der Waals surface area (Å²) in [6, 6.07) is 7.68. The molecule has 0 bridgehead atoms. The zero-order valence-electron chi connectivity index (χ0n) is 10.6. The standard InChI is InChI=1S/C15H11ClN2S2/c16-10-3-1-9(2-4-10)14-17-7-12-11-5-6-19-8-13(11)20-15(12)18-14/h1-4,7H,5-6,8H2. The van der Waals surface area contributed by atoms with Gasteiger partial charge in [-0.3, -0.25) is 0 Å². The van der Waals surface area contributed by atoms with Crippen LogP contribution in [-0.4, -0.2) is 15.7 Å². The van der Waals surface area contributed by atoms with E-state index < -0.39 is 0 Å². The van der Waals surface area contributed by atoms with Crippen molar-refractivity contribution in [2.24, 2.45) is 0 Å². The maximum absolute atomic E-state index is 5.92. The fraction of sp³-hybridized carbons (Fsp3) is 0.200. The monoisotopic (exact) mass is 318 g/mol. The van der Waals surface area contributed by atoms with Gasteiger partial charge in [0.15, 0.2) is 5.82 Å². The van der Waals surface area contributed by atoms with Gasteiger partial charge in [-0.15, -0.1) is 11.3 Å². The molecule has 2 nitrogen and oxygen atoms in total. The molecule has 1 aliphatic heterocycles. The van der Waals surface area contributed by atoms with Crippen LogP contribution in [0.2, 0.25) is 5.02 Å². The van der Waals surface area contributed by atoms with E-state index in [-0.39, 0.29) is 0 Å². The van der Waals surface area contributed by atoms with Crippen LogP contribution in [0.25, 0.3) is 21.6 Å². The van der Waals surface area contributed by atoms with E-state index in [9.17, 15) is 0 Å². The van der Waals surface area contributed by atoms with Crippen molar-refractivity contribution in [2.75, 3.05) is 5.75 Å². The number of nitrogens with zero attached hydrogens (tertiary/aromatic N) is 2. The second kappa shape index (κ2) is 5.02. The van der Waals surface area contributed by atoms with Gasteiger partial charge in [0.2, 0.25) is 0 Å². The first-order valence-electron chi connectivity index (χ1n) is 6.42. The molecule has 0 unspecified atom stereocenters. The van der Waals surface area contributed by atoms with Crippen LogP contribution in [0.5, 0.6) is 0 Å². The molecule has 3 heterocycles. The predicted molar refractivity (Wildman–Crippen MR) is 87.7 cm³/mol. The molecule has 0 spiro atoms. The summed E-state index contributed by atoms with van der Waals surface area (Å²) in [5.74, 6) is 3.10. The summed E-state index contributed by atoms with van der Waals surface area (Å²) in [5, 5.41) is 1.97. The lowest BCUT2D eigenvalue weighted by Crippen LogP contribution is -1.98. The first kappa shape index (κ1) is 12.6. The van der Waals surface area contributed by atoms with Gasteiger partial charge in [-0.25, -0.2) is 9.97 Å². The lowest BCUT2D eigenvalue weighted by Gasteiger charge is -2.09. The molecule has 3 aromatic rings. The van der Waals surface area contributed by atoms with E-state index in [2.05, 4.69) is 4.98 Å². The lowest BCUT2D eigenvalue weighted by molar-refractivity contribution is 1.12. The summed E-state index contributed by atoms with van der Waals surface area (Å²) in [6.07, 6.45) is 3.13. The summed E-state index contributed by atoms with van der Waals surface area (Å²) in [7, 11) is 0. The number of fused-ring (bicyclic) bond motifs is 3. The SMILES string of the molecule is Clc1ccc(-c2ncc3c4c(sc3n2)CSCC4)cc1. The van der Waals surface area contributed by atoms with E-state index in [0.29, 0.717) is 0 Å². The highest BCUT2D eigenvalue weighted by Gasteiger charge is 2.17. The zero-order chi connectivity index (χ0) is 13.5. The van der Waals surface area contributed by atoms with Crippen molar-refractivity contribution in [2.45, 2.75) is 12.2 Å². The van der Waals surface area contributed by atoms with Gasteiger partial charge in [-0.05, 0) is 42.0 Å². The fourth-order valence-corrected chi connectivity index (χ4v) is 4.90. The molecule has 0 saturated carbocycles. The summed E-state index contributed by atoms with van der Waals surface area (Å²) < 4.78 is 0. The van der Waals surface area contributed by atoms with Crippen LogP contribution in [0.15, 0.2) is 30.5 Å². The number of halogens is 1. The second-order valence-electron chi connectivity index (χ2n) is 4.73. The van der Waals surface area contributed by atoms with Gasteiger partial charge >= 0.3 is 0 Å². The van der Waals surface area contributed by atoms with E-state index in [1.54, 1.807) is 0 Å². The van der Waals surface area contributed by atoms with Crippen LogP contribution in [0.1, 0.15) is 10.4 Å². The average molecular weight is 319 g/mol. The van der Waals surface area contributed by atoms with Gasteiger partial charge in [0.1, 0.15) is 4.83 Å². The summed E-state index contributed by atoms with van der Waals surface area (Å²) >= 11 is 9.74. The molecule has 20 heavy (non-hydrogen) atoms. The van der Waals surface area contributed by atoms with Crippen LogP contribution in [0.3, 0.4) is 0 Å². The zero-order valence-corrected chi connectivity index (χ0v) is 13.0. The van der Waals surface area contributed by atoms with Crippen molar-refractivity contribution >= 4 is 44.9 Å². The molecule has 0 radical (unpaired) electrons. The third-order valence-electron chi connectivity index (χ3n) is 3.47. The van der Waals surface area contributed by atoms with Crippen LogP contribution in [0.4, 0.5) is 0 Å². The largest absolute Gasteiger partial charge is 0.236 e. The fourth-order valence-electron chi connectivity index (χ4n) is 2.45. The Kier molecular flexibility index (Phi) is 3.17. The van der Waals surface area contributed by atoms with Crippen molar-refractivity contribution in [3.63, 3.8) is 0 Å². The maximum Gasteiger partial charge on any atom is 0.160 e. The van der Waals surface area contributed by atoms with E-state index >= 15 is 0 Å². The number of aryl methyl sites for hydroxylation is 1. The summed E-state index contributed by atoms with van der Waals surface area (Å²) in [6.45, 7) is 0. The average Bonchev–Trinajstić information content (AvgIpc) is 2.85. The Labute approximate surface area is 130 Å². The van der Waals surface area contributed by atoms with Crippen molar-refractivity contribution in [1.82, 2.24) is 9.97 Å². The Morgan fingerprint density at radius 3 is 2.85 bits per heavy atom. The minimum atomic E-state index is 0.735. The number of rotatable bonds is 1. The molecule has 1 aliphatic rings. The third-order valence-corrected chi connectivity index (χ3v) is 6.03. The Balaban J connectivity index is 1.84. The molecule has 1 aromatic carbocycles. The Morgan fingerprint density at radius 2 is 2.00 bits per heavy atom. The molecule has 2 aromatic heterocycles. The van der Waals surface area contributed by atoms with Crippen molar-refractivity contribution in [1.29, 1.82) is 0 Å². The number of hydrogen-bond donors (Lipinski definition) is 0. The quantitative estimate of drug-likeness (QED) is 0.644. The van der Waals surface area contributed by atoms with Crippen molar-refractivity contribution in [3.05, 3.63) is 45.9 Å². The molecule has 0 atom stereocenters. The van der Waals surface area contributed by atoms with Gasteiger partial charge in [0.05, 0.1) is 0 Å². The van der Waals surface area contributed by atoms with E-state index in [0.717, 1.165) is 33.4 Å². The molecule has 0 aliphatic carbocycles. The van der Waals surface area contributed by atoms with Crippen LogP contribution in [-0.2, 0) is 12.2 Å². The molecular formula is C15H11ClN2S2. The highest BCUT2D eigenvalue weighted by molar-refractivity contribution is 7.98. The smallest absolute Gasteiger partial charge is 0.160 e. The minimum absolute atomic E-state index is 0.735. The summed E-state index contributed by atoms with van der Waals surface area (Å²) in [5.41, 5.74) is 2.48. The lowest BCUT2D eigenvalue weighted by atomic mass is 10.1. The molecule has 4 rings (SSSR count). The molecule has 5 heteroatoms. The van der Waals surface area contributed by atoms with E-state index in [1.165, 1.54) is 21.6 Å². The molecule has 0 N–H and O–H groups in total. The van der Waals surface area contributed by atoms with Crippen LogP contribution >= 0.6 is 34.7 Å². The normalized spacial score (nSPS) is 14.4.